The number of anilines is 1. The fourth-order valence-electron chi connectivity index (χ4n) is 4.00. The van der Waals surface area contributed by atoms with E-state index in [-0.39, 0.29) is 5.91 Å². The van der Waals surface area contributed by atoms with Crippen molar-refractivity contribution in [2.75, 3.05) is 38.3 Å². The molecule has 0 saturated carbocycles. The van der Waals surface area contributed by atoms with Crippen LogP contribution in [0.1, 0.15) is 43.7 Å². The number of ether oxygens (including phenoxy) is 1. The highest BCUT2D eigenvalue weighted by Gasteiger charge is 2.43. The largest absolute Gasteiger partial charge is 0.381 e. The van der Waals surface area contributed by atoms with Gasteiger partial charge < -0.3 is 14.5 Å². The Morgan fingerprint density at radius 2 is 2.17 bits per heavy atom. The Balaban J connectivity index is 1.76. The summed E-state index contributed by atoms with van der Waals surface area (Å²) in [5, 5.41) is 0. The highest BCUT2D eigenvalue weighted by Crippen LogP contribution is 2.45. The lowest BCUT2D eigenvalue weighted by molar-refractivity contribution is -0.120. The van der Waals surface area contributed by atoms with Gasteiger partial charge in [-0.1, -0.05) is 31.5 Å². The molecule has 1 fully saturated rings. The highest BCUT2D eigenvalue weighted by molar-refractivity contribution is 5.97. The Hall–Kier alpha value is -1.39. The number of hydrogen-bond donors (Lipinski definition) is 0. The number of likely N-dealkylation sites (tertiary alicyclic amines) is 1. The Morgan fingerprint density at radius 3 is 2.92 bits per heavy atom. The molecule has 2 aliphatic heterocycles. The SMILES string of the molecule is Cc1ccc2c(c1)[C@H]1CN(C)CC[C@@H]1N2C(=O)CCOCC(C)C. The monoisotopic (exact) mass is 330 g/mol. The second-order valence-electron chi connectivity index (χ2n) is 7.77. The number of aryl methyl sites for hydroxylation is 1. The summed E-state index contributed by atoms with van der Waals surface area (Å²) in [6, 6.07) is 6.84. The van der Waals surface area contributed by atoms with Gasteiger partial charge in [-0.2, -0.15) is 0 Å². The quantitative estimate of drug-likeness (QED) is 0.777. The van der Waals surface area contributed by atoms with E-state index in [1.54, 1.807) is 0 Å². The summed E-state index contributed by atoms with van der Waals surface area (Å²) < 4.78 is 5.63. The maximum atomic E-state index is 12.9. The summed E-state index contributed by atoms with van der Waals surface area (Å²) in [7, 11) is 2.18. The van der Waals surface area contributed by atoms with Crippen LogP contribution < -0.4 is 4.90 Å². The summed E-state index contributed by atoms with van der Waals surface area (Å²) in [6.07, 6.45) is 1.52. The number of benzene rings is 1. The summed E-state index contributed by atoms with van der Waals surface area (Å²) in [4.78, 5) is 17.4. The molecule has 0 aromatic heterocycles. The molecule has 3 rings (SSSR count). The average Bonchev–Trinajstić information content (AvgIpc) is 2.84. The number of nitrogens with zero attached hydrogens (tertiary/aromatic N) is 2. The first-order valence-electron chi connectivity index (χ1n) is 9.16. The van der Waals surface area contributed by atoms with Crippen molar-refractivity contribution in [1.29, 1.82) is 0 Å². The second-order valence-corrected chi connectivity index (χ2v) is 7.77. The molecule has 24 heavy (non-hydrogen) atoms. The van der Waals surface area contributed by atoms with Gasteiger partial charge in [0.2, 0.25) is 5.91 Å². The number of carbonyl (C=O) groups is 1. The molecule has 4 heteroatoms. The van der Waals surface area contributed by atoms with Crippen LogP contribution in [0.2, 0.25) is 0 Å². The molecular formula is C20H30N2O2. The fourth-order valence-corrected chi connectivity index (χ4v) is 4.00. The molecule has 0 N–H and O–H groups in total. The van der Waals surface area contributed by atoms with Gasteiger partial charge in [0.1, 0.15) is 0 Å². The van der Waals surface area contributed by atoms with E-state index >= 15 is 0 Å². The first-order chi connectivity index (χ1) is 11.5. The average molecular weight is 330 g/mol. The molecule has 1 saturated heterocycles. The van der Waals surface area contributed by atoms with E-state index in [0.717, 1.165) is 31.8 Å². The van der Waals surface area contributed by atoms with Crippen LogP contribution in [0.5, 0.6) is 0 Å². The van der Waals surface area contributed by atoms with E-state index in [1.807, 2.05) is 0 Å². The Bertz CT molecular complexity index is 599. The third-order valence-electron chi connectivity index (χ3n) is 5.13. The van der Waals surface area contributed by atoms with E-state index < -0.39 is 0 Å². The van der Waals surface area contributed by atoms with E-state index in [1.165, 1.54) is 11.1 Å². The molecule has 0 aliphatic carbocycles. The maximum absolute atomic E-state index is 12.9. The molecule has 2 heterocycles. The summed E-state index contributed by atoms with van der Waals surface area (Å²) in [5.41, 5.74) is 3.75. The van der Waals surface area contributed by atoms with E-state index in [0.29, 0.717) is 30.9 Å². The number of fused-ring (bicyclic) bond motifs is 3. The fraction of sp³-hybridized carbons (Fsp3) is 0.650. The third-order valence-corrected chi connectivity index (χ3v) is 5.13. The van der Waals surface area contributed by atoms with Crippen LogP contribution in [0.4, 0.5) is 5.69 Å². The van der Waals surface area contributed by atoms with Gasteiger partial charge in [0.05, 0.1) is 13.0 Å². The lowest BCUT2D eigenvalue weighted by atomic mass is 9.89. The topological polar surface area (TPSA) is 32.8 Å². The normalized spacial score (nSPS) is 23.5. The Morgan fingerprint density at radius 1 is 1.38 bits per heavy atom. The first kappa shape index (κ1) is 17.4. The maximum Gasteiger partial charge on any atom is 0.229 e. The zero-order valence-electron chi connectivity index (χ0n) is 15.4. The van der Waals surface area contributed by atoms with Crippen molar-refractivity contribution in [1.82, 2.24) is 4.90 Å². The van der Waals surface area contributed by atoms with Crippen LogP contribution >= 0.6 is 0 Å². The van der Waals surface area contributed by atoms with E-state index in [4.69, 9.17) is 4.74 Å². The number of piperidine rings is 1. The number of amides is 1. The van der Waals surface area contributed by atoms with Crippen LogP contribution in [0.3, 0.4) is 0 Å². The number of carbonyl (C=O) groups excluding carboxylic acids is 1. The van der Waals surface area contributed by atoms with Crippen LogP contribution in [0.25, 0.3) is 0 Å². The minimum absolute atomic E-state index is 0.209. The van der Waals surface area contributed by atoms with Crippen molar-refractivity contribution < 1.29 is 9.53 Å². The molecule has 0 spiro atoms. The highest BCUT2D eigenvalue weighted by atomic mass is 16.5. The van der Waals surface area contributed by atoms with Gasteiger partial charge in [0.15, 0.2) is 0 Å². The van der Waals surface area contributed by atoms with Gasteiger partial charge in [0.25, 0.3) is 0 Å². The number of rotatable bonds is 5. The molecule has 2 aliphatic rings. The zero-order chi connectivity index (χ0) is 17.3. The molecule has 1 aromatic rings. The molecular weight excluding hydrogens is 300 g/mol. The standard InChI is InChI=1S/C20H30N2O2/c1-14(2)13-24-10-8-20(23)22-18-6-5-15(3)11-16(18)17-12-21(4)9-7-19(17)22/h5-6,11,14,17,19H,7-10,12-13H2,1-4H3/t17-,19+/m1/s1. The van der Waals surface area contributed by atoms with Gasteiger partial charge in [-0.25, -0.2) is 0 Å². The molecule has 4 nitrogen and oxygen atoms in total. The minimum atomic E-state index is 0.209. The van der Waals surface area contributed by atoms with Crippen LogP contribution in [0.15, 0.2) is 18.2 Å². The second kappa shape index (κ2) is 7.24. The van der Waals surface area contributed by atoms with Crippen LogP contribution in [-0.2, 0) is 9.53 Å². The molecule has 1 aromatic carbocycles. The van der Waals surface area contributed by atoms with Crippen molar-refractivity contribution in [3.8, 4) is 0 Å². The third kappa shape index (κ3) is 3.50. The van der Waals surface area contributed by atoms with Gasteiger partial charge in [0, 0.05) is 30.8 Å². The molecule has 1 amide bonds. The number of likely N-dealkylation sites (N-methyl/N-ethyl adjacent to an activating group) is 1. The van der Waals surface area contributed by atoms with Crippen LogP contribution in [0, 0.1) is 12.8 Å². The molecule has 132 valence electrons. The predicted molar refractivity (Wildman–Crippen MR) is 97.6 cm³/mol. The van der Waals surface area contributed by atoms with Crippen molar-refractivity contribution >= 4 is 11.6 Å². The van der Waals surface area contributed by atoms with Crippen molar-refractivity contribution in [2.45, 2.75) is 45.6 Å². The predicted octanol–water partition coefficient (Wildman–Crippen LogP) is 3.19. The Labute approximate surface area is 145 Å². The van der Waals surface area contributed by atoms with Crippen molar-refractivity contribution in [3.63, 3.8) is 0 Å². The van der Waals surface area contributed by atoms with E-state index in [2.05, 4.69) is 55.8 Å². The van der Waals surface area contributed by atoms with Gasteiger partial charge >= 0.3 is 0 Å². The minimum Gasteiger partial charge on any atom is -0.381 e. The van der Waals surface area contributed by atoms with Crippen molar-refractivity contribution in [3.05, 3.63) is 29.3 Å². The molecule has 0 bridgehead atoms. The summed E-state index contributed by atoms with van der Waals surface area (Å²) in [5.74, 6) is 1.16. The summed E-state index contributed by atoms with van der Waals surface area (Å²) >= 11 is 0. The van der Waals surface area contributed by atoms with Crippen LogP contribution in [-0.4, -0.2) is 50.2 Å². The van der Waals surface area contributed by atoms with Crippen molar-refractivity contribution in [2.24, 2.45) is 5.92 Å². The molecule has 0 radical (unpaired) electrons. The lowest BCUT2D eigenvalue weighted by Crippen LogP contribution is -2.47. The lowest BCUT2D eigenvalue weighted by Gasteiger charge is -2.36. The van der Waals surface area contributed by atoms with Gasteiger partial charge in [-0.3, -0.25) is 4.79 Å². The first-order valence-corrected chi connectivity index (χ1v) is 9.16. The molecule has 2 atom stereocenters. The van der Waals surface area contributed by atoms with Gasteiger partial charge in [-0.05, 0) is 44.5 Å². The Kier molecular flexibility index (Phi) is 5.26. The molecule has 0 unspecified atom stereocenters. The summed E-state index contributed by atoms with van der Waals surface area (Å²) in [6.45, 7) is 9.72. The zero-order valence-corrected chi connectivity index (χ0v) is 15.4. The van der Waals surface area contributed by atoms with Gasteiger partial charge in [-0.15, -0.1) is 0 Å². The number of hydrogen-bond acceptors (Lipinski definition) is 3. The van der Waals surface area contributed by atoms with E-state index in [9.17, 15) is 4.79 Å². The smallest absolute Gasteiger partial charge is 0.229 e.